The second kappa shape index (κ2) is 3.88. The number of hydrogen-bond donors (Lipinski definition) is 0. The van der Waals surface area contributed by atoms with Gasteiger partial charge in [0.15, 0.2) is 0 Å². The number of carbonyl (C=O) groups is 1. The van der Waals surface area contributed by atoms with Gasteiger partial charge in [-0.3, -0.25) is 4.79 Å². The van der Waals surface area contributed by atoms with Gasteiger partial charge in [0.1, 0.15) is 6.29 Å². The van der Waals surface area contributed by atoms with Gasteiger partial charge in [-0.05, 0) is 11.1 Å². The highest BCUT2D eigenvalue weighted by Crippen LogP contribution is 2.18. The van der Waals surface area contributed by atoms with Gasteiger partial charge in [-0.2, -0.15) is 0 Å². The molecule has 0 heterocycles. The average Bonchev–Trinajstić information content (AvgIpc) is 2.30. The Morgan fingerprint density at radius 2 is 1.29 bits per heavy atom. The van der Waals surface area contributed by atoms with Crippen LogP contribution in [0.5, 0.6) is 0 Å². The molecule has 0 saturated carbocycles. The Balaban J connectivity index is 2.39. The van der Waals surface area contributed by atoms with E-state index in [1.807, 2.05) is 42.5 Å². The molecule has 0 spiro atoms. The molecule has 0 atom stereocenters. The molecule has 68 valence electrons. The first-order valence-electron chi connectivity index (χ1n) is 4.51. The number of benzene rings is 2. The highest BCUT2D eigenvalue weighted by Gasteiger charge is 1.95. The minimum Gasteiger partial charge on any atom is -0.298 e. The van der Waals surface area contributed by atoms with Crippen LogP contribution in [-0.2, 0) is 0 Å². The number of rotatable bonds is 2. The molecule has 0 N–H and O–H groups in total. The summed E-state index contributed by atoms with van der Waals surface area (Å²) in [5, 5.41) is 0. The second-order valence-corrected chi connectivity index (χ2v) is 3.11. The van der Waals surface area contributed by atoms with Crippen molar-refractivity contribution in [1.82, 2.24) is 0 Å². The fourth-order valence-electron chi connectivity index (χ4n) is 1.38. The zero-order valence-corrected chi connectivity index (χ0v) is 7.68. The predicted molar refractivity (Wildman–Crippen MR) is 57.3 cm³/mol. The van der Waals surface area contributed by atoms with Crippen LogP contribution < -0.4 is 0 Å². The van der Waals surface area contributed by atoms with Crippen LogP contribution >= 0.6 is 0 Å². The molecule has 0 saturated heterocycles. The summed E-state index contributed by atoms with van der Waals surface area (Å²) < 4.78 is 0. The third-order valence-corrected chi connectivity index (χ3v) is 2.15. The van der Waals surface area contributed by atoms with Gasteiger partial charge >= 0.3 is 0 Å². The molecule has 0 radical (unpaired) electrons. The van der Waals surface area contributed by atoms with Crippen LogP contribution in [0.1, 0.15) is 10.4 Å². The lowest BCUT2D eigenvalue weighted by Gasteiger charge is -2.00. The van der Waals surface area contributed by atoms with E-state index in [1.165, 1.54) is 5.56 Å². The van der Waals surface area contributed by atoms with Crippen molar-refractivity contribution in [3.63, 3.8) is 0 Å². The summed E-state index contributed by atoms with van der Waals surface area (Å²) >= 11 is 0. The normalized spacial score (nSPS) is 9.71. The average molecular weight is 183 g/mol. The molecule has 2 aromatic carbocycles. The lowest BCUT2D eigenvalue weighted by Crippen LogP contribution is -1.80. The molecule has 1 heteroatoms. The maximum absolute atomic E-state index is 10.5. The molecular formula is C13H10O. The molecule has 0 aliphatic heterocycles. The summed E-state index contributed by atoms with van der Waals surface area (Å²) in [6.45, 7) is 0. The van der Waals surface area contributed by atoms with Gasteiger partial charge in [-0.1, -0.05) is 54.6 Å². The standard InChI is InChI=1S/C13H10O/c14-10-11-6-8-13(9-7-11)12-4-2-1-3-5-12/h1-10H/i10+1. The summed E-state index contributed by atoms with van der Waals surface area (Å²) in [6.07, 6.45) is 0.856. The van der Waals surface area contributed by atoms with Gasteiger partial charge in [0.25, 0.3) is 0 Å². The van der Waals surface area contributed by atoms with Crippen molar-refractivity contribution in [2.75, 3.05) is 0 Å². The van der Waals surface area contributed by atoms with Crippen molar-refractivity contribution < 1.29 is 4.79 Å². The highest BCUT2D eigenvalue weighted by atomic mass is 16.2. The molecule has 0 aliphatic carbocycles. The van der Waals surface area contributed by atoms with E-state index < -0.39 is 0 Å². The Morgan fingerprint density at radius 1 is 0.714 bits per heavy atom. The van der Waals surface area contributed by atoms with Gasteiger partial charge < -0.3 is 0 Å². The van der Waals surface area contributed by atoms with E-state index in [-0.39, 0.29) is 0 Å². The van der Waals surface area contributed by atoms with E-state index in [9.17, 15) is 4.79 Å². The SMILES string of the molecule is O=[13CH]c1ccc(-c2ccccc2)cc1. The summed E-state index contributed by atoms with van der Waals surface area (Å²) in [5.41, 5.74) is 3.02. The third kappa shape index (κ3) is 1.72. The molecular weight excluding hydrogens is 173 g/mol. The maximum atomic E-state index is 10.5. The van der Waals surface area contributed by atoms with Crippen molar-refractivity contribution >= 4 is 6.29 Å². The Bertz CT molecular complexity index is 415. The van der Waals surface area contributed by atoms with Crippen LogP contribution in [0.4, 0.5) is 0 Å². The minimum atomic E-state index is 0.713. The van der Waals surface area contributed by atoms with Gasteiger partial charge in [0.2, 0.25) is 0 Å². The molecule has 0 aromatic heterocycles. The predicted octanol–water partition coefficient (Wildman–Crippen LogP) is 3.17. The molecule has 0 bridgehead atoms. The monoisotopic (exact) mass is 183 g/mol. The largest absolute Gasteiger partial charge is 0.298 e. The topological polar surface area (TPSA) is 17.1 Å². The Morgan fingerprint density at radius 3 is 1.86 bits per heavy atom. The van der Waals surface area contributed by atoms with E-state index >= 15 is 0 Å². The van der Waals surface area contributed by atoms with E-state index in [1.54, 1.807) is 0 Å². The van der Waals surface area contributed by atoms with E-state index in [0.29, 0.717) is 5.56 Å². The van der Waals surface area contributed by atoms with Crippen molar-refractivity contribution in [2.24, 2.45) is 0 Å². The van der Waals surface area contributed by atoms with Gasteiger partial charge in [-0.25, -0.2) is 0 Å². The number of hydrogen-bond acceptors (Lipinski definition) is 1. The zero-order valence-electron chi connectivity index (χ0n) is 7.68. The van der Waals surface area contributed by atoms with Crippen molar-refractivity contribution in [1.29, 1.82) is 0 Å². The Hall–Kier alpha value is -1.89. The van der Waals surface area contributed by atoms with E-state index in [2.05, 4.69) is 12.1 Å². The molecule has 2 aromatic rings. The zero-order chi connectivity index (χ0) is 9.80. The summed E-state index contributed by atoms with van der Waals surface area (Å²) in [5.74, 6) is 0. The Kier molecular flexibility index (Phi) is 2.41. The summed E-state index contributed by atoms with van der Waals surface area (Å²) in [6, 6.07) is 17.7. The summed E-state index contributed by atoms with van der Waals surface area (Å²) in [7, 11) is 0. The first kappa shape index (κ1) is 8.70. The maximum Gasteiger partial charge on any atom is 0.150 e. The molecule has 1 nitrogen and oxygen atoms in total. The van der Waals surface area contributed by atoms with Gasteiger partial charge in [0, 0.05) is 5.56 Å². The van der Waals surface area contributed by atoms with Crippen LogP contribution in [0.2, 0.25) is 0 Å². The van der Waals surface area contributed by atoms with Crippen LogP contribution in [0.3, 0.4) is 0 Å². The minimum absolute atomic E-state index is 0.713. The third-order valence-electron chi connectivity index (χ3n) is 2.15. The van der Waals surface area contributed by atoms with E-state index in [4.69, 9.17) is 0 Å². The van der Waals surface area contributed by atoms with Crippen LogP contribution in [-0.4, -0.2) is 6.29 Å². The van der Waals surface area contributed by atoms with Crippen LogP contribution in [0.15, 0.2) is 54.6 Å². The van der Waals surface area contributed by atoms with Gasteiger partial charge in [-0.15, -0.1) is 0 Å². The first-order valence-corrected chi connectivity index (χ1v) is 4.51. The molecule has 0 fully saturated rings. The van der Waals surface area contributed by atoms with E-state index in [0.717, 1.165) is 11.8 Å². The number of aldehydes is 1. The second-order valence-electron chi connectivity index (χ2n) is 3.11. The lowest BCUT2D eigenvalue weighted by atomic mass is 10.1. The van der Waals surface area contributed by atoms with Crippen molar-refractivity contribution in [3.05, 3.63) is 60.2 Å². The quantitative estimate of drug-likeness (QED) is 0.516. The smallest absolute Gasteiger partial charge is 0.150 e. The first-order chi connectivity index (χ1) is 6.90. The molecule has 0 aliphatic rings. The Labute approximate surface area is 83.0 Å². The molecule has 0 amide bonds. The molecule has 14 heavy (non-hydrogen) atoms. The summed E-state index contributed by atoms with van der Waals surface area (Å²) in [4.78, 5) is 10.5. The van der Waals surface area contributed by atoms with Crippen LogP contribution in [0, 0.1) is 0 Å². The van der Waals surface area contributed by atoms with Gasteiger partial charge in [0.05, 0.1) is 0 Å². The van der Waals surface area contributed by atoms with Crippen molar-refractivity contribution in [3.8, 4) is 11.1 Å². The molecule has 2 rings (SSSR count). The number of carbonyl (C=O) groups excluding carboxylic acids is 1. The molecule has 0 unspecified atom stereocenters. The highest BCUT2D eigenvalue weighted by molar-refractivity contribution is 5.76. The van der Waals surface area contributed by atoms with Crippen molar-refractivity contribution in [2.45, 2.75) is 0 Å². The van der Waals surface area contributed by atoms with Crippen LogP contribution in [0.25, 0.3) is 11.1 Å². The fourth-order valence-corrected chi connectivity index (χ4v) is 1.38. The fraction of sp³-hybridized carbons (Fsp3) is 0. The lowest BCUT2D eigenvalue weighted by molar-refractivity contribution is 0.112.